The number of ether oxygens (including phenoxy) is 2. The van der Waals surface area contributed by atoms with E-state index in [1.165, 1.54) is 11.3 Å². The van der Waals surface area contributed by atoms with Crippen LogP contribution in [0.3, 0.4) is 0 Å². The van der Waals surface area contributed by atoms with Crippen molar-refractivity contribution in [1.29, 1.82) is 0 Å². The Morgan fingerprint density at radius 2 is 2.12 bits per heavy atom. The molecule has 0 radical (unpaired) electrons. The van der Waals surface area contributed by atoms with Crippen LogP contribution in [0, 0.1) is 0 Å². The van der Waals surface area contributed by atoms with Gasteiger partial charge in [0.15, 0.2) is 4.96 Å². The van der Waals surface area contributed by atoms with Crippen molar-refractivity contribution in [2.45, 2.75) is 0 Å². The number of benzene rings is 1. The van der Waals surface area contributed by atoms with Crippen molar-refractivity contribution in [2.24, 2.45) is 21.7 Å². The van der Waals surface area contributed by atoms with Crippen LogP contribution in [-0.2, 0) is 0 Å². The van der Waals surface area contributed by atoms with Crippen molar-refractivity contribution in [3.63, 3.8) is 0 Å². The van der Waals surface area contributed by atoms with Gasteiger partial charge >= 0.3 is 0 Å². The molecule has 124 valence electrons. The smallest absolute Gasteiger partial charge is 0.211 e. The fraction of sp³-hybridized carbons (Fsp3) is 0.133. The van der Waals surface area contributed by atoms with Crippen LogP contribution in [0.1, 0.15) is 5.69 Å². The average Bonchev–Trinajstić information content (AvgIpc) is 3.16. The maximum Gasteiger partial charge on any atom is 0.211 e. The molecule has 0 amide bonds. The first-order chi connectivity index (χ1) is 11.6. The van der Waals surface area contributed by atoms with Gasteiger partial charge < -0.3 is 20.9 Å². The Morgan fingerprint density at radius 1 is 1.29 bits per heavy atom. The summed E-state index contributed by atoms with van der Waals surface area (Å²) in [6.07, 6.45) is 3.46. The number of methoxy groups -OCH3 is 2. The van der Waals surface area contributed by atoms with E-state index in [4.69, 9.17) is 20.9 Å². The van der Waals surface area contributed by atoms with Crippen molar-refractivity contribution in [3.8, 4) is 22.8 Å². The van der Waals surface area contributed by atoms with Gasteiger partial charge in [-0.15, -0.1) is 16.4 Å². The molecular weight excluding hydrogens is 328 g/mol. The van der Waals surface area contributed by atoms with Gasteiger partial charge in [-0.05, 0) is 18.2 Å². The Morgan fingerprint density at radius 3 is 2.83 bits per heavy atom. The van der Waals surface area contributed by atoms with Crippen molar-refractivity contribution in [1.82, 2.24) is 9.38 Å². The van der Waals surface area contributed by atoms with Crippen LogP contribution < -0.4 is 20.9 Å². The van der Waals surface area contributed by atoms with Gasteiger partial charge in [0.05, 0.1) is 26.1 Å². The zero-order valence-electron chi connectivity index (χ0n) is 13.1. The highest BCUT2D eigenvalue weighted by atomic mass is 32.1. The van der Waals surface area contributed by atoms with Gasteiger partial charge in [-0.25, -0.2) is 4.98 Å². The number of aromatic nitrogens is 2. The summed E-state index contributed by atoms with van der Waals surface area (Å²) in [5, 5.41) is 9.50. The van der Waals surface area contributed by atoms with Crippen molar-refractivity contribution >= 4 is 28.5 Å². The molecule has 24 heavy (non-hydrogen) atoms. The molecular formula is C15H16N6O2S. The number of nitrogens with zero attached hydrogens (tertiary/aromatic N) is 4. The normalized spacial score (nSPS) is 11.1. The predicted molar refractivity (Wildman–Crippen MR) is 95.0 cm³/mol. The van der Waals surface area contributed by atoms with E-state index in [0.29, 0.717) is 17.2 Å². The summed E-state index contributed by atoms with van der Waals surface area (Å²) in [6, 6.07) is 5.52. The highest BCUT2D eigenvalue weighted by molar-refractivity contribution is 7.15. The van der Waals surface area contributed by atoms with Crippen LogP contribution in [0.2, 0.25) is 0 Å². The number of guanidine groups is 1. The van der Waals surface area contributed by atoms with E-state index in [-0.39, 0.29) is 5.96 Å². The minimum Gasteiger partial charge on any atom is -0.497 e. The van der Waals surface area contributed by atoms with Crippen LogP contribution in [-0.4, -0.2) is 35.8 Å². The molecule has 8 nitrogen and oxygen atoms in total. The van der Waals surface area contributed by atoms with Crippen LogP contribution in [0.25, 0.3) is 16.2 Å². The monoisotopic (exact) mass is 344 g/mol. The van der Waals surface area contributed by atoms with Gasteiger partial charge in [0, 0.05) is 17.1 Å². The summed E-state index contributed by atoms with van der Waals surface area (Å²) in [7, 11) is 3.22. The Bertz CT molecular complexity index is 923. The van der Waals surface area contributed by atoms with Gasteiger partial charge in [-0.1, -0.05) is 0 Å². The standard InChI is InChI=1S/C15H16N6O2S/c1-22-9-3-4-12(23-2)10(7-9)13-11(8-18-20-14(16)17)21-5-6-24-15(21)19-13/h3-8H,1-2H3,(H4,16,17,20)/b18-8+. The third-order valence-electron chi connectivity index (χ3n) is 3.31. The van der Waals surface area contributed by atoms with E-state index < -0.39 is 0 Å². The van der Waals surface area contributed by atoms with E-state index in [1.807, 2.05) is 34.2 Å². The SMILES string of the molecule is COc1ccc(OC)c(-c2nc3sccn3c2/C=N/N=C(N)N)c1. The second-order valence-electron chi connectivity index (χ2n) is 4.74. The number of hydrogen-bond donors (Lipinski definition) is 2. The van der Waals surface area contributed by atoms with E-state index >= 15 is 0 Å². The summed E-state index contributed by atoms with van der Waals surface area (Å²) in [4.78, 5) is 5.49. The quantitative estimate of drug-likeness (QED) is 0.415. The first kappa shape index (κ1) is 15.8. The molecule has 0 bridgehead atoms. The lowest BCUT2D eigenvalue weighted by Crippen LogP contribution is -2.21. The number of hydrogen-bond acceptors (Lipinski definition) is 6. The third-order valence-corrected chi connectivity index (χ3v) is 4.07. The molecule has 2 aromatic heterocycles. The van der Waals surface area contributed by atoms with Gasteiger partial charge in [0.25, 0.3) is 0 Å². The zero-order chi connectivity index (χ0) is 17.1. The Hall–Kier alpha value is -3.07. The van der Waals surface area contributed by atoms with Gasteiger partial charge in [-0.3, -0.25) is 4.40 Å². The zero-order valence-corrected chi connectivity index (χ0v) is 13.9. The number of thiazole rings is 1. The van der Waals surface area contributed by atoms with E-state index in [0.717, 1.165) is 16.2 Å². The van der Waals surface area contributed by atoms with Crippen LogP contribution in [0.5, 0.6) is 11.5 Å². The van der Waals surface area contributed by atoms with Crippen molar-refractivity contribution < 1.29 is 9.47 Å². The molecule has 9 heteroatoms. The summed E-state index contributed by atoms with van der Waals surface area (Å²) >= 11 is 1.51. The fourth-order valence-electron chi connectivity index (χ4n) is 2.27. The third kappa shape index (κ3) is 2.88. The highest BCUT2D eigenvalue weighted by Crippen LogP contribution is 2.35. The van der Waals surface area contributed by atoms with Crippen molar-refractivity contribution in [2.75, 3.05) is 14.2 Å². The fourth-order valence-corrected chi connectivity index (χ4v) is 3.00. The lowest BCUT2D eigenvalue weighted by atomic mass is 10.1. The maximum atomic E-state index is 5.46. The van der Waals surface area contributed by atoms with E-state index in [9.17, 15) is 0 Å². The second kappa shape index (κ2) is 6.59. The van der Waals surface area contributed by atoms with E-state index in [1.54, 1.807) is 20.4 Å². The molecule has 2 heterocycles. The average molecular weight is 344 g/mol. The van der Waals surface area contributed by atoms with Crippen LogP contribution >= 0.6 is 11.3 Å². The number of fused-ring (bicyclic) bond motifs is 1. The molecule has 0 aliphatic carbocycles. The lowest BCUT2D eigenvalue weighted by Gasteiger charge is -2.09. The summed E-state index contributed by atoms with van der Waals surface area (Å²) < 4.78 is 12.7. The second-order valence-corrected chi connectivity index (χ2v) is 5.61. The molecule has 3 aromatic rings. The number of imidazole rings is 1. The molecule has 0 saturated carbocycles. The number of nitrogens with two attached hydrogens (primary N) is 2. The molecule has 0 spiro atoms. The molecule has 3 rings (SSSR count). The predicted octanol–water partition coefficient (Wildman–Crippen LogP) is 1.69. The van der Waals surface area contributed by atoms with Gasteiger partial charge in [-0.2, -0.15) is 5.10 Å². The Kier molecular flexibility index (Phi) is 4.34. The van der Waals surface area contributed by atoms with Crippen LogP contribution in [0.15, 0.2) is 40.0 Å². The molecule has 0 fully saturated rings. The minimum atomic E-state index is -0.113. The first-order valence-corrected chi connectivity index (χ1v) is 7.82. The summed E-state index contributed by atoms with van der Waals surface area (Å²) in [6.45, 7) is 0. The first-order valence-electron chi connectivity index (χ1n) is 6.94. The molecule has 0 saturated heterocycles. The molecule has 0 atom stereocenters. The molecule has 4 N–H and O–H groups in total. The summed E-state index contributed by atoms with van der Waals surface area (Å²) in [5.74, 6) is 1.27. The lowest BCUT2D eigenvalue weighted by molar-refractivity contribution is 0.404. The largest absolute Gasteiger partial charge is 0.497 e. The van der Waals surface area contributed by atoms with E-state index in [2.05, 4.69) is 15.2 Å². The Labute approximate surface area is 142 Å². The topological polar surface area (TPSA) is 113 Å². The highest BCUT2D eigenvalue weighted by Gasteiger charge is 2.18. The van der Waals surface area contributed by atoms with Gasteiger partial charge in [0.2, 0.25) is 5.96 Å². The summed E-state index contributed by atoms with van der Waals surface area (Å²) in [5.41, 5.74) is 12.9. The molecule has 0 unspecified atom stereocenters. The molecule has 1 aromatic carbocycles. The maximum absolute atomic E-state index is 5.46. The van der Waals surface area contributed by atoms with Crippen LogP contribution in [0.4, 0.5) is 0 Å². The minimum absolute atomic E-state index is 0.113. The molecule has 0 aliphatic rings. The van der Waals surface area contributed by atoms with Crippen molar-refractivity contribution in [3.05, 3.63) is 35.5 Å². The Balaban J connectivity index is 2.21. The number of rotatable bonds is 5. The van der Waals surface area contributed by atoms with Gasteiger partial charge in [0.1, 0.15) is 17.2 Å². The molecule has 0 aliphatic heterocycles.